The first-order valence-electron chi connectivity index (χ1n) is 25.1. The van der Waals surface area contributed by atoms with E-state index in [2.05, 4.69) is 27.0 Å². The molecule has 3 amide bonds. The Hall–Kier alpha value is -6.88. The number of carboxylic acid groups (broad SMARTS) is 1. The van der Waals surface area contributed by atoms with Crippen molar-refractivity contribution in [3.63, 3.8) is 0 Å². The quantitative estimate of drug-likeness (QED) is 0.0593. The number of carbonyl (C=O) groups is 4. The summed E-state index contributed by atoms with van der Waals surface area (Å²) in [5.41, 5.74) is 9.56. The number of nitrogens with zero attached hydrogens (tertiary/aromatic N) is 3. The van der Waals surface area contributed by atoms with Crippen LogP contribution in [0.1, 0.15) is 104 Å². The number of ether oxygens (including phenoxy) is 7. The molecule has 5 aliphatic heterocycles. The number of aliphatic hydroxyl groups is 5. The minimum Gasteiger partial charge on any atom is -0.493 e. The van der Waals surface area contributed by atoms with Gasteiger partial charge in [0.05, 0.1) is 75.3 Å². The van der Waals surface area contributed by atoms with Gasteiger partial charge in [0.15, 0.2) is 35.3 Å². The largest absolute Gasteiger partial charge is 0.493 e. The fourth-order valence-corrected chi connectivity index (χ4v) is 9.40. The van der Waals surface area contributed by atoms with Crippen LogP contribution in [-0.4, -0.2) is 161 Å². The highest BCUT2D eigenvalue weighted by Crippen LogP contribution is 2.44. The fraction of sp³-hybridized carbons (Fsp3) is 0.491. The van der Waals surface area contributed by atoms with Crippen LogP contribution in [0.3, 0.4) is 0 Å². The number of nitrogen functional groups attached to an aromatic ring is 1. The summed E-state index contributed by atoms with van der Waals surface area (Å²) < 4.78 is 40.5. The minimum absolute atomic E-state index is 0.0208. The molecule has 0 bridgehead atoms. The smallest absolute Gasteiger partial charge is 0.416 e. The fourth-order valence-electron chi connectivity index (χ4n) is 9.40. The third-order valence-corrected chi connectivity index (χ3v) is 13.0. The molecule has 416 valence electrons. The van der Waals surface area contributed by atoms with E-state index >= 15 is 0 Å². The Morgan fingerprint density at radius 1 is 0.829 bits per heavy atom. The van der Waals surface area contributed by atoms with Gasteiger partial charge in [-0.15, -0.1) is 0 Å². The molecule has 3 aromatic carbocycles. The number of carbonyl (C=O) groups excluding carboxylic acids is 3. The lowest BCUT2D eigenvalue weighted by molar-refractivity contribution is -0.195. The predicted molar refractivity (Wildman–Crippen MR) is 281 cm³/mol. The molecule has 4 unspecified atom stereocenters. The van der Waals surface area contributed by atoms with E-state index in [1.165, 1.54) is 49.8 Å². The van der Waals surface area contributed by atoms with Crippen molar-refractivity contribution in [3.8, 4) is 28.7 Å². The first-order chi connectivity index (χ1) is 36.4. The SMILES string of the molecule is C/C=C/CO.C=C1CC2C(O)N(C(=O)OCc3ccc(O[C@H]4C[C@@H](O)C[C@@H](C(=O)O)O4)c(N)c3)c3cc(OCCCOc4cc5c(cc4OC)C(=O)N4CC(=C)C[C@H]4C(O)C5C)c(OC)cc3C(=O)N2C1.CCC.CO. The van der Waals surface area contributed by atoms with E-state index < -0.39 is 54.8 Å². The Kier molecular flexibility index (Phi) is 21.9. The number of aliphatic hydroxyl groups excluding tert-OH is 5. The lowest BCUT2D eigenvalue weighted by Crippen LogP contribution is -2.50. The van der Waals surface area contributed by atoms with Crippen LogP contribution in [0.25, 0.3) is 0 Å². The molecule has 8 atom stereocenters. The molecule has 3 saturated heterocycles. The van der Waals surface area contributed by atoms with E-state index in [0.717, 1.165) is 17.6 Å². The molecule has 0 radical (unpaired) electrons. The van der Waals surface area contributed by atoms with E-state index in [-0.39, 0.29) is 104 Å². The topological polar surface area (TPSA) is 290 Å². The standard InChI is InChI=1S/C47H54N4O15.C4H8O.C3H8.CH4O/c1-23-11-33-42(53)25(3)28-16-38(36(60-4)17-29(28)43(54)49(33)20-23)62-9-6-10-63-39-19-32-30(18-37(39)61-5)44(55)50-21-24(2)12-34(50)45(56)51(32)47(59)64-22-26-7-8-35(31(48)13-26)65-41-15-27(52)14-40(66-41)46(57)58;1-2-3-4-5;1-3-2;1-2/h7-8,13,16-19,25,27,33-34,40-42,45,52-53,56H,1-2,6,9-12,14-15,20-22,48H2,3-5H3,(H,57,58);2-3,5H,4H2,1H3;3H2,1-2H3;2H,1H3/b;3-2+;;/t25?,27-,33-,34?,40-,41+,42?,45?;;;/m0.../s1. The Labute approximate surface area is 443 Å². The number of nitrogens with two attached hydrogens (primary N) is 1. The van der Waals surface area contributed by atoms with Crippen molar-refractivity contribution < 1.29 is 83.0 Å². The second-order valence-corrected chi connectivity index (χ2v) is 18.7. The van der Waals surface area contributed by atoms with Crippen molar-refractivity contribution >= 4 is 35.3 Å². The number of methoxy groups -OCH3 is 2. The van der Waals surface area contributed by atoms with Gasteiger partial charge in [0.25, 0.3) is 11.8 Å². The van der Waals surface area contributed by atoms with Gasteiger partial charge in [-0.05, 0) is 61.2 Å². The van der Waals surface area contributed by atoms with Gasteiger partial charge < -0.3 is 79.3 Å². The summed E-state index contributed by atoms with van der Waals surface area (Å²) in [6.07, 6.45) is -0.796. The molecule has 0 spiro atoms. The first kappa shape index (κ1) is 60.0. The molecular formula is C55H74N4O17. The van der Waals surface area contributed by atoms with Crippen LogP contribution < -0.4 is 34.3 Å². The zero-order valence-corrected chi connectivity index (χ0v) is 44.3. The maximum atomic E-state index is 14.1. The second kappa shape index (κ2) is 27.8. The molecule has 0 aromatic heterocycles. The summed E-state index contributed by atoms with van der Waals surface area (Å²) >= 11 is 0. The van der Waals surface area contributed by atoms with E-state index in [0.29, 0.717) is 53.1 Å². The zero-order valence-electron chi connectivity index (χ0n) is 44.3. The van der Waals surface area contributed by atoms with Gasteiger partial charge in [0.1, 0.15) is 12.4 Å². The summed E-state index contributed by atoms with van der Waals surface area (Å²) in [6, 6.07) is 9.63. The average molecular weight is 1060 g/mol. The molecule has 21 nitrogen and oxygen atoms in total. The van der Waals surface area contributed by atoms with Gasteiger partial charge in [0.2, 0.25) is 6.29 Å². The normalized spacial score (nSPS) is 23.4. The number of aliphatic carboxylic acids is 1. The number of hydrogen-bond donors (Lipinski definition) is 7. The van der Waals surface area contributed by atoms with Crippen molar-refractivity contribution in [2.75, 3.05) is 64.9 Å². The van der Waals surface area contributed by atoms with Gasteiger partial charge >= 0.3 is 12.1 Å². The molecule has 8 rings (SSSR count). The number of benzene rings is 3. The average Bonchev–Trinajstić information content (AvgIpc) is 3.97. The van der Waals surface area contributed by atoms with Crippen molar-refractivity contribution in [1.29, 1.82) is 0 Å². The van der Waals surface area contributed by atoms with Crippen LogP contribution in [0, 0.1) is 0 Å². The number of fused-ring (bicyclic) bond motifs is 4. The van der Waals surface area contributed by atoms with E-state index in [9.17, 15) is 39.6 Å². The first-order valence-corrected chi connectivity index (χ1v) is 25.1. The number of anilines is 2. The van der Waals surface area contributed by atoms with Crippen molar-refractivity contribution in [3.05, 3.63) is 101 Å². The zero-order chi connectivity index (χ0) is 56.0. The predicted octanol–water partition coefficient (Wildman–Crippen LogP) is 5.54. The minimum atomic E-state index is -1.55. The summed E-state index contributed by atoms with van der Waals surface area (Å²) in [6.45, 7) is 16.7. The maximum absolute atomic E-state index is 14.1. The Morgan fingerprint density at radius 3 is 1.97 bits per heavy atom. The highest BCUT2D eigenvalue weighted by molar-refractivity contribution is 6.06. The molecule has 21 heteroatoms. The van der Waals surface area contributed by atoms with Gasteiger partial charge in [-0.2, -0.15) is 0 Å². The van der Waals surface area contributed by atoms with Crippen LogP contribution >= 0.6 is 0 Å². The van der Waals surface area contributed by atoms with E-state index in [1.54, 1.807) is 35.3 Å². The number of carboxylic acids is 1. The van der Waals surface area contributed by atoms with Crippen molar-refractivity contribution in [1.82, 2.24) is 9.80 Å². The van der Waals surface area contributed by atoms with Crippen LogP contribution in [0.5, 0.6) is 28.7 Å². The molecule has 3 aromatic rings. The lowest BCUT2D eigenvalue weighted by atomic mass is 9.88. The van der Waals surface area contributed by atoms with Crippen LogP contribution in [-0.2, 0) is 20.9 Å². The highest BCUT2D eigenvalue weighted by Gasteiger charge is 2.47. The van der Waals surface area contributed by atoms with Crippen LogP contribution in [0.2, 0.25) is 0 Å². The third kappa shape index (κ3) is 13.9. The summed E-state index contributed by atoms with van der Waals surface area (Å²) in [5, 5.41) is 57.6. The Morgan fingerprint density at radius 2 is 1.41 bits per heavy atom. The van der Waals surface area contributed by atoms with E-state index in [4.69, 9.17) is 49.1 Å². The molecule has 76 heavy (non-hydrogen) atoms. The van der Waals surface area contributed by atoms with Crippen LogP contribution in [0.15, 0.2) is 78.9 Å². The number of allylic oxidation sites excluding steroid dienone is 1. The number of hydrogen-bond acceptors (Lipinski definition) is 17. The Balaban J connectivity index is 0.000000986. The number of rotatable bonds is 14. The van der Waals surface area contributed by atoms with Gasteiger partial charge in [0, 0.05) is 57.0 Å². The maximum Gasteiger partial charge on any atom is 0.416 e. The molecule has 3 fully saturated rings. The summed E-state index contributed by atoms with van der Waals surface area (Å²) in [5.74, 6) is -0.999. The van der Waals surface area contributed by atoms with Gasteiger partial charge in [-0.3, -0.25) is 9.59 Å². The van der Waals surface area contributed by atoms with Crippen molar-refractivity contribution in [2.45, 2.75) is 122 Å². The van der Waals surface area contributed by atoms with Crippen molar-refractivity contribution in [2.24, 2.45) is 0 Å². The molecule has 8 N–H and O–H groups in total. The second-order valence-electron chi connectivity index (χ2n) is 18.7. The van der Waals surface area contributed by atoms with E-state index in [1.807, 2.05) is 13.8 Å². The monoisotopic (exact) mass is 1060 g/mol. The molecule has 5 aliphatic rings. The summed E-state index contributed by atoms with van der Waals surface area (Å²) in [4.78, 5) is 57.4. The van der Waals surface area contributed by atoms with Gasteiger partial charge in [-0.25, -0.2) is 14.5 Å². The van der Waals surface area contributed by atoms with Crippen LogP contribution in [0.4, 0.5) is 16.2 Å². The number of amides is 3. The lowest BCUT2D eigenvalue weighted by Gasteiger charge is -2.31. The summed E-state index contributed by atoms with van der Waals surface area (Å²) in [7, 11) is 3.89. The Bertz CT molecular complexity index is 2570. The molecule has 0 saturated carbocycles. The third-order valence-electron chi connectivity index (χ3n) is 13.0. The molecular weight excluding hydrogens is 989 g/mol. The van der Waals surface area contributed by atoms with Gasteiger partial charge in [-0.1, -0.05) is 69.7 Å². The molecule has 0 aliphatic carbocycles. The highest BCUT2D eigenvalue weighted by atomic mass is 16.7. The molecule has 5 heterocycles.